The number of alkyl halides is 2. The standard InChI is InChI=1S/C11H10I.C2H4IO/c1-12-11-7-6-9-4-2-3-5-10(9)8-11;1-3-2-4/h2-8H,1H3;2H,1H3/q2*-1. The number of carbonyl (C=O) groups excluding carboxylic acids is 1. The molecule has 0 amide bonds. The molecule has 0 aliphatic carbocycles. The summed E-state index contributed by atoms with van der Waals surface area (Å²) in [6.45, 7) is 0. The van der Waals surface area contributed by atoms with Crippen molar-refractivity contribution < 1.29 is 47.2 Å². The van der Waals surface area contributed by atoms with Crippen molar-refractivity contribution in [1.82, 2.24) is 0 Å². The molecule has 2 aromatic carbocycles. The Labute approximate surface area is 117 Å². The Morgan fingerprint density at radius 2 is 1.62 bits per heavy atom. The summed E-state index contributed by atoms with van der Waals surface area (Å²) in [7, 11) is 0. The third-order valence-corrected chi connectivity index (χ3v) is 4.44. The molecule has 0 spiro atoms. The molecule has 0 N–H and O–H groups in total. The van der Waals surface area contributed by atoms with Gasteiger partial charge in [0.15, 0.2) is 0 Å². The third-order valence-electron chi connectivity index (χ3n) is 2.02. The van der Waals surface area contributed by atoms with Gasteiger partial charge in [-0.2, -0.15) is 0 Å². The van der Waals surface area contributed by atoms with Gasteiger partial charge >= 0.3 is 118 Å². The number of halogens is 2. The normalized spacial score (nSPS) is 9.88. The summed E-state index contributed by atoms with van der Waals surface area (Å²) in [6, 6.07) is 15.3. The van der Waals surface area contributed by atoms with E-state index in [-0.39, 0.29) is 42.4 Å². The molecule has 0 unspecified atom stereocenters. The summed E-state index contributed by atoms with van der Waals surface area (Å²) in [5.74, 6) is 0. The zero-order valence-electron chi connectivity index (χ0n) is 9.28. The van der Waals surface area contributed by atoms with Gasteiger partial charge in [0.1, 0.15) is 0 Å². The second-order valence-corrected chi connectivity index (χ2v) is 7.07. The molecule has 1 nitrogen and oxygen atoms in total. The van der Waals surface area contributed by atoms with Crippen LogP contribution in [0.15, 0.2) is 42.5 Å². The molecule has 2 aromatic rings. The van der Waals surface area contributed by atoms with E-state index in [0.717, 1.165) is 4.29 Å². The Balaban J connectivity index is 0.000000280. The van der Waals surface area contributed by atoms with Crippen LogP contribution >= 0.6 is 0 Å². The quantitative estimate of drug-likeness (QED) is 0.207. The van der Waals surface area contributed by atoms with Crippen molar-refractivity contribution in [2.24, 2.45) is 0 Å². The molecular formula is C13H14I2O-2. The molecule has 0 bridgehead atoms. The maximum atomic E-state index is 9.22. The molecule has 0 heterocycles. The van der Waals surface area contributed by atoms with Gasteiger partial charge in [-0.15, -0.1) is 0 Å². The van der Waals surface area contributed by atoms with Gasteiger partial charge in [0.25, 0.3) is 0 Å². The molecule has 0 fully saturated rings. The fourth-order valence-corrected chi connectivity index (χ4v) is 2.46. The van der Waals surface area contributed by atoms with Gasteiger partial charge in [0, 0.05) is 0 Å². The summed E-state index contributed by atoms with van der Waals surface area (Å²) in [5, 5.41) is 2.72. The van der Waals surface area contributed by atoms with Crippen molar-refractivity contribution >= 4 is 15.1 Å². The minimum absolute atomic E-state index is 0.0700. The van der Waals surface area contributed by atoms with Crippen LogP contribution in [-0.2, 0) is 4.79 Å². The number of hydrogen-bond acceptors (Lipinski definition) is 1. The molecule has 0 saturated carbocycles. The maximum absolute atomic E-state index is 9.22. The van der Waals surface area contributed by atoms with E-state index in [1.165, 1.54) is 14.3 Å². The number of fused-ring (bicyclic) bond motifs is 1. The first-order chi connectivity index (χ1) is 7.81. The Morgan fingerprint density at radius 1 is 1.00 bits per heavy atom. The van der Waals surface area contributed by atoms with Gasteiger partial charge in [-0.3, -0.25) is 0 Å². The first-order valence-corrected chi connectivity index (χ1v) is 11.4. The first kappa shape index (κ1) is 13.9. The van der Waals surface area contributed by atoms with Gasteiger partial charge in [0.05, 0.1) is 0 Å². The van der Waals surface area contributed by atoms with Crippen LogP contribution in [0.1, 0.15) is 0 Å². The number of rotatable bonds is 2. The van der Waals surface area contributed by atoms with Crippen molar-refractivity contribution in [3.8, 4) is 0 Å². The molecular weight excluding hydrogens is 426 g/mol. The summed E-state index contributed by atoms with van der Waals surface area (Å²) in [5.41, 5.74) is 0. The van der Waals surface area contributed by atoms with Gasteiger partial charge < -0.3 is 0 Å². The van der Waals surface area contributed by atoms with Crippen molar-refractivity contribution in [2.75, 3.05) is 9.86 Å². The molecule has 0 aliphatic heterocycles. The van der Waals surface area contributed by atoms with E-state index in [9.17, 15) is 4.79 Å². The van der Waals surface area contributed by atoms with Crippen LogP contribution < -0.4 is 42.4 Å². The van der Waals surface area contributed by atoms with Gasteiger partial charge in [-0.25, -0.2) is 0 Å². The van der Waals surface area contributed by atoms with E-state index in [1.54, 1.807) is 0 Å². The van der Waals surface area contributed by atoms with Crippen LogP contribution in [0.5, 0.6) is 0 Å². The molecule has 0 aliphatic rings. The zero-order valence-corrected chi connectivity index (χ0v) is 13.6. The van der Waals surface area contributed by atoms with E-state index in [0.29, 0.717) is 0 Å². The van der Waals surface area contributed by atoms with Crippen LogP contribution in [0.3, 0.4) is 0 Å². The Bertz CT molecular complexity index is 454. The Hall–Kier alpha value is -0.170. The van der Waals surface area contributed by atoms with E-state index in [1.807, 2.05) is 4.93 Å². The second kappa shape index (κ2) is 8.00. The monoisotopic (exact) mass is 440 g/mol. The van der Waals surface area contributed by atoms with Crippen molar-refractivity contribution in [3.05, 3.63) is 46.0 Å². The van der Waals surface area contributed by atoms with Crippen LogP contribution in [0.2, 0.25) is 0 Å². The number of carbonyl (C=O) groups is 1. The summed E-state index contributed by atoms with van der Waals surface area (Å²) in [4.78, 5) is 13.4. The van der Waals surface area contributed by atoms with E-state index < -0.39 is 0 Å². The fourth-order valence-electron chi connectivity index (χ4n) is 1.28. The number of hydrogen-bond donors (Lipinski definition) is 0. The Morgan fingerprint density at radius 3 is 2.19 bits per heavy atom. The van der Waals surface area contributed by atoms with Gasteiger partial charge in [-0.1, -0.05) is 0 Å². The molecule has 0 atom stereocenters. The van der Waals surface area contributed by atoms with Crippen LogP contribution in [0.25, 0.3) is 10.8 Å². The Kier molecular flexibility index (Phi) is 6.95. The van der Waals surface area contributed by atoms with E-state index in [4.69, 9.17) is 0 Å². The predicted molar refractivity (Wildman–Crippen MR) is 61.2 cm³/mol. The predicted octanol–water partition coefficient (Wildman–Crippen LogP) is -3.38. The molecule has 16 heavy (non-hydrogen) atoms. The van der Waals surface area contributed by atoms with Crippen LogP contribution in [0, 0.1) is 3.57 Å². The first-order valence-electron chi connectivity index (χ1n) is 4.71. The molecule has 88 valence electrons. The topological polar surface area (TPSA) is 17.1 Å². The van der Waals surface area contributed by atoms with Crippen LogP contribution in [0.4, 0.5) is 0 Å². The van der Waals surface area contributed by atoms with Gasteiger partial charge in [-0.05, 0) is 0 Å². The molecule has 0 radical (unpaired) electrons. The average molecular weight is 440 g/mol. The fraction of sp³-hybridized carbons (Fsp3) is 0.154. The van der Waals surface area contributed by atoms with E-state index >= 15 is 0 Å². The van der Waals surface area contributed by atoms with Crippen molar-refractivity contribution in [1.29, 1.82) is 0 Å². The van der Waals surface area contributed by atoms with Gasteiger partial charge in [0.2, 0.25) is 0 Å². The van der Waals surface area contributed by atoms with E-state index in [2.05, 4.69) is 47.4 Å². The van der Waals surface area contributed by atoms with Crippen molar-refractivity contribution in [2.45, 2.75) is 0 Å². The summed E-state index contributed by atoms with van der Waals surface area (Å²) in [6.07, 6.45) is 0. The minimum atomic E-state index is -0.0700. The summed E-state index contributed by atoms with van der Waals surface area (Å²) >= 11 is 0.165. The second-order valence-electron chi connectivity index (χ2n) is 2.99. The molecule has 2 rings (SSSR count). The third kappa shape index (κ3) is 4.37. The number of benzene rings is 2. The van der Waals surface area contributed by atoms with Crippen LogP contribution in [-0.4, -0.2) is 14.2 Å². The zero-order chi connectivity index (χ0) is 11.8. The molecule has 0 saturated heterocycles. The summed E-state index contributed by atoms with van der Waals surface area (Å²) < 4.78 is 2.51. The molecule has 0 aromatic heterocycles. The van der Waals surface area contributed by atoms with Crippen molar-refractivity contribution in [3.63, 3.8) is 0 Å². The SMILES string of the molecule is C[I-]C=O.C[I-]c1ccc2ccccc2c1. The molecule has 3 heteroatoms. The average Bonchev–Trinajstić information content (AvgIpc) is 2.38.